The van der Waals surface area contributed by atoms with Gasteiger partial charge in [0.2, 0.25) is 0 Å². The molecule has 0 amide bonds. The topological polar surface area (TPSA) is 247 Å². The van der Waals surface area contributed by atoms with Gasteiger partial charge in [0, 0.05) is 26.6 Å². The number of fused-ring (bicyclic) bond motifs is 1. The Kier molecular flexibility index (Phi) is 11.8. The van der Waals surface area contributed by atoms with E-state index in [1.54, 1.807) is 6.92 Å². The third-order valence-corrected chi connectivity index (χ3v) is 10.3. The van der Waals surface area contributed by atoms with E-state index in [-0.39, 0.29) is 25.2 Å². The lowest BCUT2D eigenvalue weighted by Crippen LogP contribution is -2.63. The summed E-state index contributed by atoms with van der Waals surface area (Å²) in [4.78, 5) is 0. The van der Waals surface area contributed by atoms with Gasteiger partial charge in [-0.3, -0.25) is 0 Å². The Balaban J connectivity index is 1.40. The van der Waals surface area contributed by atoms with Crippen LogP contribution in [0.5, 0.6) is 0 Å². The van der Waals surface area contributed by atoms with E-state index in [1.165, 1.54) is 14.2 Å². The van der Waals surface area contributed by atoms with E-state index in [0.29, 0.717) is 12.8 Å². The minimum atomic E-state index is -1.65. The highest BCUT2D eigenvalue weighted by Crippen LogP contribution is 2.45. The predicted molar refractivity (Wildman–Crippen MR) is 148 cm³/mol. The molecule has 0 radical (unpaired) electrons. The standard InChI is InChI=1S/C29H50O16/c1-10-20(32)23(35)25(37)28(41-10)44-18-8-13-14(42-27(18)11-4-16(39-2)21(33)17(5-11)40-3)6-12(31)7-15(13)43-29-26(38)24(36)22(34)19(9-30)45-29/h10-38H,4-9H2,1-3H3/t10-,11?,12?,13?,14?,15?,16?,17?,18?,19+,20-,21?,22+,23+,24-,25+,26+,27?,28-,29+/m0/s1. The van der Waals surface area contributed by atoms with Crippen molar-refractivity contribution in [3.05, 3.63) is 0 Å². The van der Waals surface area contributed by atoms with Crippen molar-refractivity contribution in [2.24, 2.45) is 11.8 Å². The first-order valence-corrected chi connectivity index (χ1v) is 15.8. The maximum Gasteiger partial charge on any atom is 0.186 e. The van der Waals surface area contributed by atoms with E-state index in [9.17, 15) is 46.0 Å². The summed E-state index contributed by atoms with van der Waals surface area (Å²) in [6.07, 6.45) is -18.3. The number of hydrogen-bond acceptors (Lipinski definition) is 16. The van der Waals surface area contributed by atoms with Crippen LogP contribution in [0.15, 0.2) is 0 Å². The molecule has 45 heavy (non-hydrogen) atoms. The molecular weight excluding hydrogens is 604 g/mol. The Bertz CT molecular complexity index is 930. The predicted octanol–water partition coefficient (Wildman–Crippen LogP) is -3.89. The first kappa shape index (κ1) is 35.7. The van der Waals surface area contributed by atoms with Gasteiger partial charge in [0.1, 0.15) is 48.8 Å². The fourth-order valence-electron chi connectivity index (χ4n) is 7.68. The summed E-state index contributed by atoms with van der Waals surface area (Å²) >= 11 is 0. The van der Waals surface area contributed by atoms with Crippen LogP contribution in [0.2, 0.25) is 0 Å². The molecule has 0 bridgehead atoms. The van der Waals surface area contributed by atoms with E-state index in [4.69, 9.17) is 33.2 Å². The SMILES string of the molecule is COC1CC(C2OC3CC(O)CC(O[C@@H]4O[C@H](CO)[C@@H](O)[C@H](O)[C@H]4O)C3CC2O[C@@H]2O[C@@H](C)[C@H](O)[C@@H](O)[C@H]2O)CC(OC)C1O. The van der Waals surface area contributed by atoms with Crippen molar-refractivity contribution in [3.63, 3.8) is 0 Å². The first-order valence-electron chi connectivity index (χ1n) is 15.8. The van der Waals surface area contributed by atoms with Crippen molar-refractivity contribution < 1.29 is 79.1 Å². The van der Waals surface area contributed by atoms with E-state index in [2.05, 4.69) is 0 Å². The van der Waals surface area contributed by atoms with Crippen molar-refractivity contribution in [1.29, 1.82) is 0 Å². The minimum absolute atomic E-state index is 0.120. The third kappa shape index (κ3) is 7.22. The lowest BCUT2D eigenvalue weighted by atomic mass is 9.72. The van der Waals surface area contributed by atoms with Gasteiger partial charge in [-0.25, -0.2) is 0 Å². The van der Waals surface area contributed by atoms with Crippen LogP contribution in [0.25, 0.3) is 0 Å². The molecule has 0 aromatic rings. The smallest absolute Gasteiger partial charge is 0.186 e. The van der Waals surface area contributed by atoms with Crippen LogP contribution in [-0.4, -0.2) is 177 Å². The summed E-state index contributed by atoms with van der Waals surface area (Å²) in [6.45, 7) is 0.914. The number of aliphatic hydroxyl groups excluding tert-OH is 9. The zero-order valence-electron chi connectivity index (χ0n) is 25.7. The van der Waals surface area contributed by atoms with Gasteiger partial charge >= 0.3 is 0 Å². The lowest BCUT2D eigenvalue weighted by Gasteiger charge is -2.53. The molecule has 5 rings (SSSR count). The molecule has 3 aliphatic heterocycles. The molecule has 2 aliphatic carbocycles. The number of methoxy groups -OCH3 is 2. The molecule has 3 saturated heterocycles. The molecule has 5 aliphatic rings. The van der Waals surface area contributed by atoms with Crippen molar-refractivity contribution in [1.82, 2.24) is 0 Å². The van der Waals surface area contributed by atoms with Crippen LogP contribution in [-0.2, 0) is 33.2 Å². The summed E-state index contributed by atoms with van der Waals surface area (Å²) in [5, 5.41) is 93.7. The fraction of sp³-hybridized carbons (Fsp3) is 1.00. The van der Waals surface area contributed by atoms with Gasteiger partial charge in [-0.05, 0) is 38.5 Å². The monoisotopic (exact) mass is 654 g/mol. The van der Waals surface area contributed by atoms with E-state index in [1.807, 2.05) is 0 Å². The summed E-state index contributed by atoms with van der Waals surface area (Å²) < 4.78 is 41.6. The Labute approximate surface area is 261 Å². The quantitative estimate of drug-likeness (QED) is 0.121. The molecule has 16 heteroatoms. The third-order valence-electron chi connectivity index (χ3n) is 10.3. The lowest BCUT2D eigenvalue weighted by molar-refractivity contribution is -0.342. The molecular formula is C29H50O16. The van der Waals surface area contributed by atoms with Gasteiger partial charge in [-0.2, -0.15) is 0 Å². The van der Waals surface area contributed by atoms with Gasteiger partial charge in [0.25, 0.3) is 0 Å². The average Bonchev–Trinajstić information content (AvgIpc) is 3.02. The molecule has 16 nitrogen and oxygen atoms in total. The largest absolute Gasteiger partial charge is 0.394 e. The fourth-order valence-corrected chi connectivity index (χ4v) is 7.68. The highest BCUT2D eigenvalue weighted by atomic mass is 16.7. The normalized spacial score (nSPS) is 54.4. The molecule has 262 valence electrons. The van der Waals surface area contributed by atoms with Crippen LogP contribution in [0.4, 0.5) is 0 Å². The van der Waals surface area contributed by atoms with E-state index >= 15 is 0 Å². The molecule has 18 atom stereocenters. The maximum absolute atomic E-state index is 10.8. The highest BCUT2D eigenvalue weighted by molar-refractivity contribution is 5.01. The summed E-state index contributed by atoms with van der Waals surface area (Å²) in [5.41, 5.74) is 0. The van der Waals surface area contributed by atoms with Gasteiger partial charge < -0.3 is 79.1 Å². The van der Waals surface area contributed by atoms with Crippen LogP contribution in [0.3, 0.4) is 0 Å². The zero-order valence-corrected chi connectivity index (χ0v) is 25.7. The van der Waals surface area contributed by atoms with Crippen molar-refractivity contribution in [2.75, 3.05) is 20.8 Å². The number of aliphatic hydroxyl groups is 9. The van der Waals surface area contributed by atoms with Gasteiger partial charge in [0.05, 0.1) is 55.4 Å². The van der Waals surface area contributed by atoms with Crippen LogP contribution in [0, 0.1) is 11.8 Å². The number of hydrogen-bond donors (Lipinski definition) is 9. The van der Waals surface area contributed by atoms with E-state index < -0.39 is 123 Å². The average molecular weight is 655 g/mol. The molecule has 3 heterocycles. The molecule has 5 fully saturated rings. The maximum atomic E-state index is 10.8. The van der Waals surface area contributed by atoms with Crippen molar-refractivity contribution in [3.8, 4) is 0 Å². The second kappa shape index (κ2) is 14.9. The van der Waals surface area contributed by atoms with Crippen LogP contribution in [0.1, 0.15) is 39.0 Å². The number of rotatable bonds is 8. The Morgan fingerprint density at radius 1 is 0.578 bits per heavy atom. The second-order valence-electron chi connectivity index (χ2n) is 13.2. The molecule has 0 spiro atoms. The minimum Gasteiger partial charge on any atom is -0.394 e. The Morgan fingerprint density at radius 2 is 1.16 bits per heavy atom. The molecule has 0 aromatic carbocycles. The summed E-state index contributed by atoms with van der Waals surface area (Å²) in [7, 11) is 2.99. The van der Waals surface area contributed by atoms with Gasteiger partial charge in [0.15, 0.2) is 12.6 Å². The second-order valence-corrected chi connectivity index (χ2v) is 13.2. The number of ether oxygens (including phenoxy) is 7. The Hall–Kier alpha value is -0.640. The zero-order chi connectivity index (χ0) is 32.7. The molecule has 9 N–H and O–H groups in total. The van der Waals surface area contributed by atoms with Gasteiger partial charge in [-0.1, -0.05) is 0 Å². The Morgan fingerprint density at radius 3 is 1.76 bits per heavy atom. The van der Waals surface area contributed by atoms with Crippen LogP contribution < -0.4 is 0 Å². The highest BCUT2D eigenvalue weighted by Gasteiger charge is 2.54. The van der Waals surface area contributed by atoms with Crippen molar-refractivity contribution in [2.45, 2.75) is 149 Å². The van der Waals surface area contributed by atoms with Gasteiger partial charge in [-0.15, -0.1) is 0 Å². The summed E-state index contributed by atoms with van der Waals surface area (Å²) in [6, 6.07) is 0. The first-order chi connectivity index (χ1) is 21.4. The molecule has 8 unspecified atom stereocenters. The van der Waals surface area contributed by atoms with Crippen molar-refractivity contribution >= 4 is 0 Å². The molecule has 2 saturated carbocycles. The molecule has 0 aromatic heterocycles. The summed E-state index contributed by atoms with van der Waals surface area (Å²) in [5.74, 6) is -0.729. The van der Waals surface area contributed by atoms with E-state index in [0.717, 1.165) is 0 Å². The van der Waals surface area contributed by atoms with Crippen LogP contribution >= 0.6 is 0 Å².